The molecule has 1 fully saturated rings. The Morgan fingerprint density at radius 2 is 1.84 bits per heavy atom. The highest BCUT2D eigenvalue weighted by atomic mass is 35.5. The topological polar surface area (TPSA) is 26.0 Å². The van der Waals surface area contributed by atoms with Crippen molar-refractivity contribution in [2.75, 3.05) is 0 Å². The van der Waals surface area contributed by atoms with Crippen molar-refractivity contribution in [3.8, 4) is 0 Å². The van der Waals surface area contributed by atoms with E-state index in [1.165, 1.54) is 0 Å². The quantitative estimate of drug-likeness (QED) is 0.785. The molecule has 1 aliphatic rings. The molecule has 1 nitrogen and oxygen atoms in total. The van der Waals surface area contributed by atoms with Crippen LogP contribution in [0.3, 0.4) is 0 Å². The smallest absolute Gasteiger partial charge is 0.142 e. The minimum Gasteiger partial charge on any atom is -0.324 e. The van der Waals surface area contributed by atoms with Gasteiger partial charge in [-0.1, -0.05) is 31.9 Å². The Morgan fingerprint density at radius 1 is 1.16 bits per heavy atom. The third kappa shape index (κ3) is 3.09. The molecule has 19 heavy (non-hydrogen) atoms. The van der Waals surface area contributed by atoms with Crippen LogP contribution in [0.5, 0.6) is 0 Å². The van der Waals surface area contributed by atoms with E-state index in [9.17, 15) is 8.78 Å². The molecule has 4 unspecified atom stereocenters. The highest BCUT2D eigenvalue weighted by molar-refractivity contribution is 6.30. The van der Waals surface area contributed by atoms with E-state index in [0.29, 0.717) is 11.8 Å². The molecule has 0 radical (unpaired) electrons. The van der Waals surface area contributed by atoms with Crippen molar-refractivity contribution < 1.29 is 8.78 Å². The Labute approximate surface area is 118 Å². The van der Waals surface area contributed by atoms with Gasteiger partial charge >= 0.3 is 0 Å². The van der Waals surface area contributed by atoms with Crippen LogP contribution in [0.1, 0.15) is 44.7 Å². The van der Waals surface area contributed by atoms with Gasteiger partial charge < -0.3 is 5.73 Å². The van der Waals surface area contributed by atoms with E-state index >= 15 is 0 Å². The van der Waals surface area contributed by atoms with Gasteiger partial charge in [0.25, 0.3) is 0 Å². The van der Waals surface area contributed by atoms with Crippen molar-refractivity contribution in [1.82, 2.24) is 0 Å². The van der Waals surface area contributed by atoms with E-state index in [2.05, 4.69) is 13.8 Å². The number of benzene rings is 1. The number of rotatable bonds is 2. The van der Waals surface area contributed by atoms with Crippen molar-refractivity contribution in [1.29, 1.82) is 0 Å². The third-order valence-electron chi connectivity index (χ3n) is 4.55. The molecule has 1 saturated carbocycles. The van der Waals surface area contributed by atoms with E-state index in [1.807, 2.05) is 0 Å². The van der Waals surface area contributed by atoms with Crippen LogP contribution in [-0.4, -0.2) is 0 Å². The molecule has 0 saturated heterocycles. The first-order valence-corrected chi connectivity index (χ1v) is 7.18. The first-order valence-electron chi connectivity index (χ1n) is 6.80. The Balaban J connectivity index is 2.20. The molecule has 0 aromatic heterocycles. The summed E-state index contributed by atoms with van der Waals surface area (Å²) >= 11 is 5.56. The Kier molecular flexibility index (Phi) is 4.46. The van der Waals surface area contributed by atoms with Gasteiger partial charge in [-0.3, -0.25) is 0 Å². The summed E-state index contributed by atoms with van der Waals surface area (Å²) in [4.78, 5) is 0. The molecule has 4 atom stereocenters. The first kappa shape index (κ1) is 14.7. The molecule has 106 valence electrons. The van der Waals surface area contributed by atoms with Crippen molar-refractivity contribution in [2.24, 2.45) is 23.5 Å². The Hall–Kier alpha value is -0.670. The Morgan fingerprint density at radius 3 is 2.47 bits per heavy atom. The van der Waals surface area contributed by atoms with E-state index in [4.69, 9.17) is 17.3 Å². The maximum atomic E-state index is 13.9. The van der Waals surface area contributed by atoms with Gasteiger partial charge in [-0.05, 0) is 42.7 Å². The standard InChI is InChI=1S/C15H20ClF2N/c1-8-3-4-10(5-9(8)2)15(19)11-6-14(18)12(16)7-13(11)17/h6-10,15H,3-5,19H2,1-2H3. The third-order valence-corrected chi connectivity index (χ3v) is 4.83. The number of hydrogen-bond acceptors (Lipinski definition) is 1. The number of nitrogens with two attached hydrogens (primary N) is 1. The summed E-state index contributed by atoms with van der Waals surface area (Å²) in [5.74, 6) is 0.345. The second-order valence-corrected chi connectivity index (χ2v) is 6.25. The predicted molar refractivity (Wildman–Crippen MR) is 74.0 cm³/mol. The predicted octanol–water partition coefficient (Wildman–Crippen LogP) is 4.69. The maximum Gasteiger partial charge on any atom is 0.142 e. The van der Waals surface area contributed by atoms with Crippen molar-refractivity contribution in [3.63, 3.8) is 0 Å². The summed E-state index contributed by atoms with van der Waals surface area (Å²) in [7, 11) is 0. The van der Waals surface area contributed by atoms with Crippen LogP contribution in [0, 0.1) is 29.4 Å². The lowest BCUT2D eigenvalue weighted by molar-refractivity contribution is 0.184. The minimum absolute atomic E-state index is 0.195. The molecule has 0 spiro atoms. The highest BCUT2D eigenvalue weighted by Gasteiger charge is 2.30. The molecule has 1 aromatic carbocycles. The zero-order valence-corrected chi connectivity index (χ0v) is 12.1. The van der Waals surface area contributed by atoms with Gasteiger partial charge in [0.2, 0.25) is 0 Å². The van der Waals surface area contributed by atoms with Crippen LogP contribution in [0.2, 0.25) is 5.02 Å². The molecular weight excluding hydrogens is 268 g/mol. The lowest BCUT2D eigenvalue weighted by atomic mass is 9.72. The lowest BCUT2D eigenvalue weighted by Gasteiger charge is -2.35. The SMILES string of the molecule is CC1CCC(C(N)c2cc(F)c(Cl)cc2F)CC1C. The normalized spacial score (nSPS) is 29.3. The van der Waals surface area contributed by atoms with Gasteiger partial charge in [0.15, 0.2) is 0 Å². The molecule has 2 N–H and O–H groups in total. The summed E-state index contributed by atoms with van der Waals surface area (Å²) in [5.41, 5.74) is 6.39. The fourth-order valence-electron chi connectivity index (χ4n) is 2.96. The van der Waals surface area contributed by atoms with Crippen LogP contribution in [0.15, 0.2) is 12.1 Å². The molecule has 4 heteroatoms. The lowest BCUT2D eigenvalue weighted by Crippen LogP contribution is -2.30. The molecule has 0 amide bonds. The van der Waals surface area contributed by atoms with E-state index < -0.39 is 17.7 Å². The van der Waals surface area contributed by atoms with E-state index in [0.717, 1.165) is 31.4 Å². The van der Waals surface area contributed by atoms with Gasteiger partial charge in [0.05, 0.1) is 5.02 Å². The van der Waals surface area contributed by atoms with E-state index in [-0.39, 0.29) is 16.5 Å². The highest BCUT2D eigenvalue weighted by Crippen LogP contribution is 2.39. The minimum atomic E-state index is -0.606. The van der Waals surface area contributed by atoms with Crippen molar-refractivity contribution in [3.05, 3.63) is 34.4 Å². The van der Waals surface area contributed by atoms with E-state index in [1.54, 1.807) is 0 Å². The second-order valence-electron chi connectivity index (χ2n) is 5.84. The molecule has 0 heterocycles. The molecule has 0 bridgehead atoms. The summed E-state index contributed by atoms with van der Waals surface area (Å²) in [6, 6.07) is 1.70. The molecule has 0 aliphatic heterocycles. The van der Waals surface area contributed by atoms with Gasteiger partial charge in [0, 0.05) is 11.6 Å². The fourth-order valence-corrected chi connectivity index (χ4v) is 3.11. The number of hydrogen-bond donors (Lipinski definition) is 1. The monoisotopic (exact) mass is 287 g/mol. The first-order chi connectivity index (χ1) is 8.90. The van der Waals surface area contributed by atoms with Crippen LogP contribution in [0.4, 0.5) is 8.78 Å². The summed E-state index contributed by atoms with van der Waals surface area (Å²) in [5, 5.41) is -0.195. The van der Waals surface area contributed by atoms with Gasteiger partial charge in [-0.15, -0.1) is 0 Å². The molecule has 2 rings (SSSR count). The fraction of sp³-hybridized carbons (Fsp3) is 0.600. The average molecular weight is 288 g/mol. The summed E-state index contributed by atoms with van der Waals surface area (Å²) in [6.07, 6.45) is 3.03. The van der Waals surface area contributed by atoms with Crippen LogP contribution in [-0.2, 0) is 0 Å². The van der Waals surface area contributed by atoms with Gasteiger partial charge in [-0.2, -0.15) is 0 Å². The largest absolute Gasteiger partial charge is 0.324 e. The summed E-state index contributed by atoms with van der Waals surface area (Å²) in [6.45, 7) is 4.43. The number of halogens is 3. The van der Waals surface area contributed by atoms with Crippen molar-refractivity contribution >= 4 is 11.6 Å². The van der Waals surface area contributed by atoms with Gasteiger partial charge in [0.1, 0.15) is 11.6 Å². The van der Waals surface area contributed by atoms with Crippen LogP contribution in [0.25, 0.3) is 0 Å². The second kappa shape index (κ2) is 5.76. The average Bonchev–Trinajstić information content (AvgIpc) is 2.36. The molecular formula is C15H20ClF2N. The van der Waals surface area contributed by atoms with Crippen LogP contribution >= 0.6 is 11.6 Å². The Bertz CT molecular complexity index is 464. The summed E-state index contributed by atoms with van der Waals surface area (Å²) < 4.78 is 27.3. The van der Waals surface area contributed by atoms with Crippen LogP contribution < -0.4 is 5.73 Å². The van der Waals surface area contributed by atoms with Gasteiger partial charge in [-0.25, -0.2) is 8.78 Å². The zero-order valence-electron chi connectivity index (χ0n) is 11.3. The maximum absolute atomic E-state index is 13.9. The molecule has 1 aliphatic carbocycles. The zero-order chi connectivity index (χ0) is 14.2. The van der Waals surface area contributed by atoms with Crippen molar-refractivity contribution in [2.45, 2.75) is 39.2 Å². The molecule has 1 aromatic rings.